The first kappa shape index (κ1) is 15.1. The van der Waals surface area contributed by atoms with Crippen molar-refractivity contribution in [2.45, 2.75) is 6.92 Å². The van der Waals surface area contributed by atoms with Crippen LogP contribution in [-0.2, 0) is 4.79 Å². The molecule has 112 valence electrons. The van der Waals surface area contributed by atoms with E-state index in [0.717, 1.165) is 15.6 Å². The summed E-state index contributed by atoms with van der Waals surface area (Å²) in [5, 5.41) is 3.41. The van der Waals surface area contributed by atoms with E-state index in [1.165, 1.54) is 0 Å². The number of methoxy groups -OCH3 is 1. The molecule has 0 saturated heterocycles. The van der Waals surface area contributed by atoms with Gasteiger partial charge in [-0.3, -0.25) is 4.79 Å². The second-order valence-electron chi connectivity index (χ2n) is 4.81. The van der Waals surface area contributed by atoms with Crippen LogP contribution in [-0.4, -0.2) is 18.7 Å². The second-order valence-corrected chi connectivity index (χ2v) is 6.04. The van der Waals surface area contributed by atoms with Gasteiger partial charge in [-0.1, -0.05) is 23.7 Å². The van der Waals surface area contributed by atoms with Crippen molar-refractivity contribution in [2.75, 3.05) is 12.4 Å². The molecule has 4 nitrogen and oxygen atoms in total. The molecule has 0 radical (unpaired) electrons. The average Bonchev–Trinajstić information content (AvgIpc) is 2.82. The average molecular weight is 380 g/mol. The van der Waals surface area contributed by atoms with E-state index in [0.29, 0.717) is 27.9 Å². The van der Waals surface area contributed by atoms with Gasteiger partial charge in [0.2, 0.25) is 0 Å². The number of rotatable bonds is 2. The SMILES string of the molecule is COc1ccccc1N=C1C(=O)Nc2c1cc(Br)c(Cl)c2C. The number of anilines is 1. The Balaban J connectivity index is 2.19. The molecule has 0 aliphatic carbocycles. The lowest BCUT2D eigenvalue weighted by Crippen LogP contribution is -2.14. The molecule has 0 spiro atoms. The number of fused-ring (bicyclic) bond motifs is 1. The van der Waals surface area contributed by atoms with Gasteiger partial charge in [0.15, 0.2) is 0 Å². The number of ether oxygens (including phenoxy) is 1. The van der Waals surface area contributed by atoms with E-state index in [1.54, 1.807) is 25.3 Å². The molecule has 0 fully saturated rings. The summed E-state index contributed by atoms with van der Waals surface area (Å²) in [4.78, 5) is 16.7. The lowest BCUT2D eigenvalue weighted by Gasteiger charge is -2.07. The predicted molar refractivity (Wildman–Crippen MR) is 91.7 cm³/mol. The second kappa shape index (κ2) is 5.74. The number of carbonyl (C=O) groups is 1. The van der Waals surface area contributed by atoms with Crippen LogP contribution in [0.15, 0.2) is 39.8 Å². The zero-order valence-electron chi connectivity index (χ0n) is 11.9. The number of nitrogens with zero attached hydrogens (tertiary/aromatic N) is 1. The molecule has 1 aliphatic rings. The number of carbonyl (C=O) groups excluding carboxylic acids is 1. The molecule has 22 heavy (non-hydrogen) atoms. The molecule has 1 aliphatic heterocycles. The van der Waals surface area contributed by atoms with Crippen LogP contribution >= 0.6 is 27.5 Å². The number of hydrogen-bond acceptors (Lipinski definition) is 3. The molecular weight excluding hydrogens is 368 g/mol. The van der Waals surface area contributed by atoms with Crippen molar-refractivity contribution in [3.63, 3.8) is 0 Å². The fourth-order valence-electron chi connectivity index (χ4n) is 2.35. The first-order valence-electron chi connectivity index (χ1n) is 6.55. The van der Waals surface area contributed by atoms with Crippen molar-refractivity contribution in [3.8, 4) is 5.75 Å². The van der Waals surface area contributed by atoms with Crippen molar-refractivity contribution in [1.29, 1.82) is 0 Å². The van der Waals surface area contributed by atoms with Gasteiger partial charge in [-0.05, 0) is 46.6 Å². The van der Waals surface area contributed by atoms with Crippen LogP contribution in [0.5, 0.6) is 5.75 Å². The Morgan fingerprint density at radius 2 is 2.05 bits per heavy atom. The van der Waals surface area contributed by atoms with E-state index in [-0.39, 0.29) is 5.91 Å². The van der Waals surface area contributed by atoms with Crippen LogP contribution in [0.3, 0.4) is 0 Å². The molecule has 1 N–H and O–H groups in total. The number of halogens is 2. The number of aliphatic imine (C=N–C) groups is 1. The normalized spacial score (nSPS) is 14.9. The van der Waals surface area contributed by atoms with E-state index in [4.69, 9.17) is 16.3 Å². The van der Waals surface area contributed by atoms with Gasteiger partial charge in [0.1, 0.15) is 17.1 Å². The van der Waals surface area contributed by atoms with Crippen molar-refractivity contribution < 1.29 is 9.53 Å². The fraction of sp³-hybridized carbons (Fsp3) is 0.125. The Morgan fingerprint density at radius 1 is 1.32 bits per heavy atom. The topological polar surface area (TPSA) is 50.7 Å². The van der Waals surface area contributed by atoms with E-state index in [1.807, 2.05) is 19.1 Å². The number of nitrogens with one attached hydrogen (secondary N) is 1. The van der Waals surface area contributed by atoms with Crippen LogP contribution in [0, 0.1) is 6.92 Å². The number of hydrogen-bond donors (Lipinski definition) is 1. The molecule has 0 bridgehead atoms. The molecule has 1 amide bonds. The molecule has 6 heteroatoms. The van der Waals surface area contributed by atoms with Crippen molar-refractivity contribution in [2.24, 2.45) is 4.99 Å². The molecule has 0 aromatic heterocycles. The van der Waals surface area contributed by atoms with Gasteiger partial charge in [-0.2, -0.15) is 0 Å². The van der Waals surface area contributed by atoms with Crippen molar-refractivity contribution in [3.05, 3.63) is 51.0 Å². The Bertz CT molecular complexity index is 818. The summed E-state index contributed by atoms with van der Waals surface area (Å²) in [7, 11) is 1.57. The molecule has 0 saturated carbocycles. The summed E-state index contributed by atoms with van der Waals surface area (Å²) < 4.78 is 6.01. The third-order valence-corrected chi connectivity index (χ3v) is 4.82. The number of amides is 1. The molecule has 3 rings (SSSR count). The lowest BCUT2D eigenvalue weighted by molar-refractivity contribution is -0.110. The maximum Gasteiger partial charge on any atom is 0.275 e. The summed E-state index contributed by atoms with van der Waals surface area (Å²) in [5.74, 6) is 0.360. The highest BCUT2D eigenvalue weighted by Gasteiger charge is 2.29. The van der Waals surface area contributed by atoms with Crippen molar-refractivity contribution in [1.82, 2.24) is 0 Å². The third kappa shape index (κ3) is 2.40. The summed E-state index contributed by atoms with van der Waals surface area (Å²) >= 11 is 9.62. The summed E-state index contributed by atoms with van der Waals surface area (Å²) in [5.41, 5.74) is 3.19. The maximum atomic E-state index is 12.3. The van der Waals surface area contributed by atoms with Gasteiger partial charge in [0, 0.05) is 10.0 Å². The zero-order valence-corrected chi connectivity index (χ0v) is 14.2. The maximum absolute atomic E-state index is 12.3. The number of para-hydroxylation sites is 2. The van der Waals surface area contributed by atoms with E-state index < -0.39 is 0 Å². The van der Waals surface area contributed by atoms with Gasteiger partial charge >= 0.3 is 0 Å². The minimum Gasteiger partial charge on any atom is -0.494 e. The minimum atomic E-state index is -0.252. The van der Waals surface area contributed by atoms with Gasteiger partial charge in [-0.25, -0.2) is 4.99 Å². The highest BCUT2D eigenvalue weighted by atomic mass is 79.9. The lowest BCUT2D eigenvalue weighted by atomic mass is 10.1. The first-order chi connectivity index (χ1) is 10.5. The Hall–Kier alpha value is -1.85. The molecule has 1 heterocycles. The summed E-state index contributed by atoms with van der Waals surface area (Å²) in [6.07, 6.45) is 0. The standard InChI is InChI=1S/C16H12BrClN2O2/c1-8-13(18)10(17)7-9-14(8)20-16(21)15(9)19-11-5-3-4-6-12(11)22-2/h3-7H,1-2H3,(H,19,20,21). The van der Waals surface area contributed by atoms with Gasteiger partial charge < -0.3 is 10.1 Å². The monoisotopic (exact) mass is 378 g/mol. The van der Waals surface area contributed by atoms with Crippen LogP contribution in [0.1, 0.15) is 11.1 Å². The van der Waals surface area contributed by atoms with Crippen LogP contribution in [0.2, 0.25) is 5.02 Å². The minimum absolute atomic E-state index is 0.252. The largest absolute Gasteiger partial charge is 0.494 e. The van der Waals surface area contributed by atoms with Crippen molar-refractivity contribution >= 4 is 50.5 Å². The van der Waals surface area contributed by atoms with Crippen LogP contribution in [0.4, 0.5) is 11.4 Å². The predicted octanol–water partition coefficient (Wildman–Crippen LogP) is 4.49. The molecule has 2 aromatic rings. The van der Waals surface area contributed by atoms with E-state index in [9.17, 15) is 4.79 Å². The van der Waals surface area contributed by atoms with Crippen LogP contribution in [0.25, 0.3) is 0 Å². The molecule has 0 atom stereocenters. The van der Waals surface area contributed by atoms with Gasteiger partial charge in [-0.15, -0.1) is 0 Å². The Kier molecular flexibility index (Phi) is 3.93. The van der Waals surface area contributed by atoms with Crippen LogP contribution < -0.4 is 10.1 Å². The van der Waals surface area contributed by atoms with E-state index >= 15 is 0 Å². The molecule has 0 unspecified atom stereocenters. The fourth-order valence-corrected chi connectivity index (χ4v) is 3.02. The highest BCUT2D eigenvalue weighted by molar-refractivity contribution is 9.10. The molecular formula is C16H12BrClN2O2. The Labute approximate surface area is 141 Å². The van der Waals surface area contributed by atoms with Gasteiger partial charge in [0.25, 0.3) is 5.91 Å². The van der Waals surface area contributed by atoms with E-state index in [2.05, 4.69) is 26.2 Å². The summed E-state index contributed by atoms with van der Waals surface area (Å²) in [6, 6.07) is 9.10. The highest BCUT2D eigenvalue weighted by Crippen LogP contribution is 2.38. The quantitative estimate of drug-likeness (QED) is 0.835. The first-order valence-corrected chi connectivity index (χ1v) is 7.72. The van der Waals surface area contributed by atoms with Gasteiger partial charge in [0.05, 0.1) is 17.8 Å². The summed E-state index contributed by atoms with van der Waals surface area (Å²) in [6.45, 7) is 1.86. The third-order valence-electron chi connectivity index (χ3n) is 3.48. The zero-order chi connectivity index (χ0) is 15.9. The molecule has 2 aromatic carbocycles. The smallest absolute Gasteiger partial charge is 0.275 e. The Morgan fingerprint density at radius 3 is 2.77 bits per heavy atom. The number of benzene rings is 2.